The third-order valence-electron chi connectivity index (χ3n) is 5.81. The van der Waals surface area contributed by atoms with Gasteiger partial charge in [-0.1, -0.05) is 0 Å². The van der Waals surface area contributed by atoms with Gasteiger partial charge in [0.05, 0.1) is 0 Å². The Bertz CT molecular complexity index is 793. The van der Waals surface area contributed by atoms with Crippen molar-refractivity contribution < 1.29 is 0 Å². The van der Waals surface area contributed by atoms with Gasteiger partial charge < -0.3 is 0 Å². The van der Waals surface area contributed by atoms with E-state index in [1.54, 1.807) is 0 Å². The van der Waals surface area contributed by atoms with Gasteiger partial charge in [-0.2, -0.15) is 0 Å². The minimum atomic E-state index is -2.15. The van der Waals surface area contributed by atoms with Crippen LogP contribution in [-0.4, -0.2) is 32.6 Å². The first kappa shape index (κ1) is 19.9. The molecular weight excluding hydrogens is 439 g/mol. The standard InChI is InChI=1S/C25H26SSeSi/c27-25(26-21-12-10-11-13-21)20-28(22-14-4-1-5-15-22,23-16-6-2-7-17-23)24-18-8-3-9-19-24/h1-9,14-19,21H,10-13,20H2. The first-order valence-corrected chi connectivity index (χ1v) is 14.1. The molecule has 3 aromatic rings. The van der Waals surface area contributed by atoms with Crippen LogP contribution >= 0.6 is 11.8 Å². The molecule has 142 valence electrons. The van der Waals surface area contributed by atoms with E-state index in [0.717, 1.165) is 11.3 Å². The molecule has 1 saturated carbocycles. The van der Waals surface area contributed by atoms with Crippen LogP contribution < -0.4 is 15.6 Å². The first-order chi connectivity index (χ1) is 13.8. The van der Waals surface area contributed by atoms with Crippen molar-refractivity contribution in [2.45, 2.75) is 37.0 Å². The molecule has 1 aliphatic carbocycles. The second-order valence-electron chi connectivity index (χ2n) is 7.58. The second kappa shape index (κ2) is 9.41. The molecule has 0 aliphatic heterocycles. The van der Waals surface area contributed by atoms with Gasteiger partial charge in [0.1, 0.15) is 0 Å². The Hall–Kier alpha value is -1.38. The molecule has 0 N–H and O–H groups in total. The monoisotopic (exact) mass is 466 g/mol. The van der Waals surface area contributed by atoms with E-state index < -0.39 is 8.07 Å². The van der Waals surface area contributed by atoms with Gasteiger partial charge in [-0.25, -0.2) is 0 Å². The van der Waals surface area contributed by atoms with Crippen molar-refractivity contribution in [3.05, 3.63) is 91.0 Å². The van der Waals surface area contributed by atoms with Gasteiger partial charge in [-0.05, 0) is 0 Å². The molecule has 1 fully saturated rings. The SMILES string of the molecule is [Se]=C(C[Si](c1ccccc1)(c1ccccc1)c1ccccc1)SC1CCCC1. The van der Waals surface area contributed by atoms with Crippen molar-refractivity contribution in [1.82, 2.24) is 0 Å². The van der Waals surface area contributed by atoms with Crippen molar-refractivity contribution in [2.75, 3.05) is 0 Å². The molecule has 4 rings (SSSR count). The van der Waals surface area contributed by atoms with Gasteiger partial charge in [0, 0.05) is 0 Å². The summed E-state index contributed by atoms with van der Waals surface area (Å²) in [6.07, 6.45) is 5.52. The molecule has 3 aromatic carbocycles. The topological polar surface area (TPSA) is 0 Å². The van der Waals surface area contributed by atoms with Crippen molar-refractivity contribution in [2.24, 2.45) is 0 Å². The fourth-order valence-electron chi connectivity index (χ4n) is 4.42. The molecule has 28 heavy (non-hydrogen) atoms. The van der Waals surface area contributed by atoms with Crippen molar-refractivity contribution in [3.8, 4) is 0 Å². The van der Waals surface area contributed by atoms with Gasteiger partial charge in [0.25, 0.3) is 0 Å². The molecule has 0 unspecified atom stereocenters. The second-order valence-corrected chi connectivity index (χ2v) is 14.5. The number of hydrogen-bond acceptors (Lipinski definition) is 1. The van der Waals surface area contributed by atoms with Gasteiger partial charge >= 0.3 is 183 Å². The molecule has 0 spiro atoms. The van der Waals surface area contributed by atoms with Crippen LogP contribution in [0, 0.1) is 0 Å². The molecule has 0 radical (unpaired) electrons. The van der Waals surface area contributed by atoms with Crippen LogP contribution in [0.4, 0.5) is 0 Å². The third-order valence-corrected chi connectivity index (χ3v) is 13.6. The first-order valence-electron chi connectivity index (χ1n) is 10.1. The maximum atomic E-state index is 3.48. The van der Waals surface area contributed by atoms with Crippen LogP contribution in [0.25, 0.3) is 0 Å². The van der Waals surface area contributed by atoms with E-state index in [9.17, 15) is 0 Å². The molecular formula is C25H26SSeSi. The predicted octanol–water partition coefficient (Wildman–Crippen LogP) is 4.13. The Labute approximate surface area is 182 Å². The van der Waals surface area contributed by atoms with E-state index in [2.05, 4.69) is 118 Å². The van der Waals surface area contributed by atoms with Gasteiger partial charge in [0.15, 0.2) is 0 Å². The fourth-order valence-corrected chi connectivity index (χ4v) is 12.9. The van der Waals surface area contributed by atoms with E-state index in [0.29, 0.717) is 0 Å². The van der Waals surface area contributed by atoms with Crippen LogP contribution in [0.1, 0.15) is 25.7 Å². The molecule has 1 aliphatic rings. The summed E-state index contributed by atoms with van der Waals surface area (Å²) >= 11 is 5.60. The van der Waals surface area contributed by atoms with Crippen LogP contribution in [0.5, 0.6) is 0 Å². The molecule has 0 saturated heterocycles. The zero-order valence-corrected chi connectivity index (χ0v) is 19.6. The van der Waals surface area contributed by atoms with E-state index >= 15 is 0 Å². The molecule has 0 amide bonds. The predicted molar refractivity (Wildman–Crippen MR) is 129 cm³/mol. The van der Waals surface area contributed by atoms with E-state index in [1.807, 2.05) is 0 Å². The Balaban J connectivity index is 1.82. The summed E-state index contributed by atoms with van der Waals surface area (Å²) in [6, 6.07) is 34.8. The van der Waals surface area contributed by atoms with Crippen molar-refractivity contribution >= 4 is 54.7 Å². The Morgan fingerprint density at radius 2 is 1.11 bits per heavy atom. The zero-order valence-electron chi connectivity index (χ0n) is 16.1. The summed E-state index contributed by atoms with van der Waals surface area (Å²) < 4.78 is 1.48. The van der Waals surface area contributed by atoms with E-state index in [4.69, 9.17) is 0 Å². The third kappa shape index (κ3) is 4.28. The molecule has 0 heterocycles. The Morgan fingerprint density at radius 3 is 1.50 bits per heavy atom. The molecule has 3 heteroatoms. The van der Waals surface area contributed by atoms with Gasteiger partial charge in [0.2, 0.25) is 0 Å². The maximum absolute atomic E-state index is 3.48. The van der Waals surface area contributed by atoms with Gasteiger partial charge in [-0.15, -0.1) is 0 Å². The summed E-state index contributed by atoms with van der Waals surface area (Å²) in [5, 5.41) is 5.27. The normalized spacial score (nSPS) is 14.9. The van der Waals surface area contributed by atoms with Crippen molar-refractivity contribution in [3.63, 3.8) is 0 Å². The number of rotatable bonds is 7. The van der Waals surface area contributed by atoms with Crippen LogP contribution in [0.15, 0.2) is 91.0 Å². The van der Waals surface area contributed by atoms with E-state index in [1.165, 1.54) is 45.0 Å². The molecule has 0 nitrogen and oxygen atoms in total. The van der Waals surface area contributed by atoms with Gasteiger partial charge in [-0.3, -0.25) is 0 Å². The molecule has 0 atom stereocenters. The Morgan fingerprint density at radius 1 is 0.714 bits per heavy atom. The minimum absolute atomic E-state index is 0.797. The average Bonchev–Trinajstić information content (AvgIpc) is 3.27. The number of thioether (sulfide) groups is 1. The quantitative estimate of drug-likeness (QED) is 0.374. The summed E-state index contributed by atoms with van der Waals surface area (Å²) in [6.45, 7) is 0. The molecule has 0 aromatic heterocycles. The van der Waals surface area contributed by atoms with Crippen LogP contribution in [0.3, 0.4) is 0 Å². The fraction of sp³-hybridized carbons (Fsp3) is 0.240. The Kier molecular flexibility index (Phi) is 6.69. The summed E-state index contributed by atoms with van der Waals surface area (Å²) in [7, 11) is -2.15. The average molecular weight is 466 g/mol. The van der Waals surface area contributed by atoms with Crippen molar-refractivity contribution in [1.29, 1.82) is 0 Å². The molecule has 0 bridgehead atoms. The summed E-state index contributed by atoms with van der Waals surface area (Å²) in [5.41, 5.74) is 0. The van der Waals surface area contributed by atoms with Crippen LogP contribution in [-0.2, 0) is 0 Å². The summed E-state index contributed by atoms with van der Waals surface area (Å²) in [5.74, 6) is 0. The number of benzene rings is 3. The van der Waals surface area contributed by atoms with Crippen LogP contribution in [0.2, 0.25) is 6.04 Å². The zero-order chi connectivity index (χ0) is 19.2. The summed E-state index contributed by atoms with van der Waals surface area (Å²) in [4.78, 5) is 0. The number of hydrogen-bond donors (Lipinski definition) is 0. The van der Waals surface area contributed by atoms with E-state index in [-0.39, 0.29) is 0 Å².